The summed E-state index contributed by atoms with van der Waals surface area (Å²) in [6, 6.07) is 20.7. The summed E-state index contributed by atoms with van der Waals surface area (Å²) in [7, 11) is 0. The lowest BCUT2D eigenvalue weighted by Gasteiger charge is -2.32. The Hall–Kier alpha value is -2.70. The first-order valence-electron chi connectivity index (χ1n) is 11.5. The molecule has 0 unspecified atom stereocenters. The van der Waals surface area contributed by atoms with E-state index in [0.717, 1.165) is 15.6 Å². The van der Waals surface area contributed by atoms with Crippen LogP contribution in [0, 0.1) is 11.7 Å². The van der Waals surface area contributed by atoms with Gasteiger partial charge in [-0.25, -0.2) is 4.39 Å². The van der Waals surface area contributed by atoms with Crippen LogP contribution in [0.15, 0.2) is 77.3 Å². The van der Waals surface area contributed by atoms with Gasteiger partial charge in [-0.2, -0.15) is 0 Å². The van der Waals surface area contributed by atoms with Crippen molar-refractivity contribution in [2.45, 2.75) is 39.3 Å². The number of benzene rings is 3. The predicted molar refractivity (Wildman–Crippen MR) is 142 cm³/mol. The van der Waals surface area contributed by atoms with E-state index < -0.39 is 11.9 Å². The number of amides is 2. The SMILES string of the molecule is CC(C)CNC(=O)[C@@H](Cc1ccccc1)N(Cc1ccc(Br)cc1)C(=O)Cc1c(F)cccc1Cl. The van der Waals surface area contributed by atoms with E-state index in [1.54, 1.807) is 6.07 Å². The molecule has 3 aromatic carbocycles. The molecule has 0 spiro atoms. The standard InChI is InChI=1S/C28H29BrClFN2O2/c1-19(2)17-32-28(35)26(15-20-7-4-3-5-8-20)33(18-21-11-13-22(29)14-12-21)27(34)16-23-24(30)9-6-10-25(23)31/h3-14,19,26H,15-18H2,1-2H3,(H,32,35)/t26-/m1/s1. The molecule has 4 nitrogen and oxygen atoms in total. The summed E-state index contributed by atoms with van der Waals surface area (Å²) in [5, 5.41) is 3.16. The third-order valence-electron chi connectivity index (χ3n) is 5.61. The summed E-state index contributed by atoms with van der Waals surface area (Å²) >= 11 is 9.65. The van der Waals surface area contributed by atoms with Crippen molar-refractivity contribution in [1.29, 1.82) is 0 Å². The molecule has 0 aliphatic heterocycles. The second-order valence-electron chi connectivity index (χ2n) is 8.87. The van der Waals surface area contributed by atoms with Gasteiger partial charge >= 0.3 is 0 Å². The third kappa shape index (κ3) is 7.91. The molecular weight excluding hydrogens is 531 g/mol. The highest BCUT2D eigenvalue weighted by Gasteiger charge is 2.31. The molecule has 3 aromatic rings. The maximum atomic E-state index is 14.5. The number of hydrogen-bond donors (Lipinski definition) is 1. The van der Waals surface area contributed by atoms with E-state index in [1.807, 2.05) is 68.4 Å². The highest BCUT2D eigenvalue weighted by atomic mass is 79.9. The molecule has 0 bridgehead atoms. The van der Waals surface area contributed by atoms with Crippen LogP contribution in [-0.4, -0.2) is 29.3 Å². The molecule has 0 radical (unpaired) electrons. The van der Waals surface area contributed by atoms with Crippen molar-refractivity contribution in [3.8, 4) is 0 Å². The van der Waals surface area contributed by atoms with Gasteiger partial charge in [0.05, 0.1) is 6.42 Å². The van der Waals surface area contributed by atoms with Crippen LogP contribution in [0.4, 0.5) is 4.39 Å². The van der Waals surface area contributed by atoms with Crippen molar-refractivity contribution < 1.29 is 14.0 Å². The van der Waals surface area contributed by atoms with Gasteiger partial charge in [0.15, 0.2) is 0 Å². The van der Waals surface area contributed by atoms with Crippen LogP contribution >= 0.6 is 27.5 Å². The second-order valence-corrected chi connectivity index (χ2v) is 10.2. The summed E-state index contributed by atoms with van der Waals surface area (Å²) < 4.78 is 15.4. The lowest BCUT2D eigenvalue weighted by molar-refractivity contribution is -0.140. The topological polar surface area (TPSA) is 49.4 Å². The van der Waals surface area contributed by atoms with Crippen LogP contribution in [0.1, 0.15) is 30.5 Å². The molecule has 0 saturated heterocycles. The van der Waals surface area contributed by atoms with E-state index in [4.69, 9.17) is 11.6 Å². The highest BCUT2D eigenvalue weighted by Crippen LogP contribution is 2.23. The Morgan fingerprint density at radius 2 is 1.66 bits per heavy atom. The maximum absolute atomic E-state index is 14.5. The Kier molecular flexibility index (Phi) is 9.87. The van der Waals surface area contributed by atoms with Crippen molar-refractivity contribution in [3.63, 3.8) is 0 Å². The number of rotatable bonds is 10. The number of nitrogens with zero attached hydrogens (tertiary/aromatic N) is 1. The van der Waals surface area contributed by atoms with Gasteiger partial charge in [0.1, 0.15) is 11.9 Å². The molecule has 35 heavy (non-hydrogen) atoms. The Balaban J connectivity index is 1.98. The molecule has 3 rings (SSSR count). The van der Waals surface area contributed by atoms with E-state index in [2.05, 4.69) is 21.2 Å². The van der Waals surface area contributed by atoms with Crippen LogP contribution in [-0.2, 0) is 29.0 Å². The quantitative estimate of drug-likeness (QED) is 0.322. The first-order chi connectivity index (χ1) is 16.7. The molecule has 1 atom stereocenters. The minimum atomic E-state index is -0.780. The van der Waals surface area contributed by atoms with Gasteiger partial charge in [-0.1, -0.05) is 89.9 Å². The number of halogens is 3. The average molecular weight is 560 g/mol. The minimum absolute atomic E-state index is 0.126. The molecule has 0 fully saturated rings. The van der Waals surface area contributed by atoms with Gasteiger partial charge in [0.2, 0.25) is 11.8 Å². The zero-order chi connectivity index (χ0) is 25.4. The Morgan fingerprint density at radius 1 is 0.971 bits per heavy atom. The monoisotopic (exact) mass is 558 g/mol. The minimum Gasteiger partial charge on any atom is -0.354 e. The van der Waals surface area contributed by atoms with E-state index in [1.165, 1.54) is 17.0 Å². The van der Waals surface area contributed by atoms with Crippen molar-refractivity contribution in [3.05, 3.63) is 105 Å². The smallest absolute Gasteiger partial charge is 0.243 e. The molecule has 0 aliphatic carbocycles. The van der Waals surface area contributed by atoms with Gasteiger partial charge in [-0.05, 0) is 41.3 Å². The highest BCUT2D eigenvalue weighted by molar-refractivity contribution is 9.10. The van der Waals surface area contributed by atoms with Crippen LogP contribution in [0.5, 0.6) is 0 Å². The Morgan fingerprint density at radius 3 is 2.29 bits per heavy atom. The summed E-state index contributed by atoms with van der Waals surface area (Å²) in [6.07, 6.45) is 0.0861. The molecule has 0 saturated carbocycles. The van der Waals surface area contributed by atoms with Gasteiger partial charge < -0.3 is 10.2 Å². The Labute approximate surface area is 219 Å². The van der Waals surface area contributed by atoms with Crippen molar-refractivity contribution in [1.82, 2.24) is 10.2 Å². The fraction of sp³-hybridized carbons (Fsp3) is 0.286. The van der Waals surface area contributed by atoms with Crippen LogP contribution in [0.2, 0.25) is 5.02 Å². The third-order valence-corrected chi connectivity index (χ3v) is 6.49. The molecular formula is C28H29BrClFN2O2. The van der Waals surface area contributed by atoms with E-state index in [9.17, 15) is 14.0 Å². The fourth-order valence-electron chi connectivity index (χ4n) is 3.72. The van der Waals surface area contributed by atoms with Gasteiger partial charge in [-0.3, -0.25) is 9.59 Å². The van der Waals surface area contributed by atoms with Crippen molar-refractivity contribution in [2.24, 2.45) is 5.92 Å². The largest absolute Gasteiger partial charge is 0.354 e. The number of carbonyl (C=O) groups excluding carboxylic acids is 2. The molecule has 0 aliphatic rings. The summed E-state index contributed by atoms with van der Waals surface area (Å²) in [5.41, 5.74) is 1.91. The molecule has 2 amide bonds. The number of nitrogens with one attached hydrogen (secondary N) is 1. The van der Waals surface area contributed by atoms with Gasteiger partial charge in [0.25, 0.3) is 0 Å². The van der Waals surface area contributed by atoms with Crippen LogP contribution in [0.25, 0.3) is 0 Å². The summed E-state index contributed by atoms with van der Waals surface area (Å²) in [6.45, 7) is 4.71. The molecule has 0 heterocycles. The van der Waals surface area contributed by atoms with Crippen molar-refractivity contribution in [2.75, 3.05) is 6.54 Å². The lowest BCUT2D eigenvalue weighted by atomic mass is 10.0. The van der Waals surface area contributed by atoms with E-state index in [-0.39, 0.29) is 41.3 Å². The van der Waals surface area contributed by atoms with Gasteiger partial charge in [0, 0.05) is 34.6 Å². The van der Waals surface area contributed by atoms with Crippen LogP contribution < -0.4 is 5.32 Å². The Bertz CT molecular complexity index is 1120. The molecule has 7 heteroatoms. The summed E-state index contributed by atoms with van der Waals surface area (Å²) in [5.74, 6) is -0.907. The maximum Gasteiger partial charge on any atom is 0.243 e. The van der Waals surface area contributed by atoms with E-state index in [0.29, 0.717) is 13.0 Å². The first kappa shape index (κ1) is 26.9. The summed E-state index contributed by atoms with van der Waals surface area (Å²) in [4.78, 5) is 28.6. The fourth-order valence-corrected chi connectivity index (χ4v) is 4.21. The van der Waals surface area contributed by atoms with E-state index >= 15 is 0 Å². The van der Waals surface area contributed by atoms with Crippen molar-refractivity contribution >= 4 is 39.3 Å². The molecule has 1 N–H and O–H groups in total. The predicted octanol–water partition coefficient (Wildman–Crippen LogP) is 6.20. The normalized spacial score (nSPS) is 11.8. The number of carbonyl (C=O) groups is 2. The molecule has 184 valence electrons. The second kappa shape index (κ2) is 12.8. The molecule has 0 aromatic heterocycles. The first-order valence-corrected chi connectivity index (χ1v) is 12.7. The number of hydrogen-bond acceptors (Lipinski definition) is 2. The van der Waals surface area contributed by atoms with Gasteiger partial charge in [-0.15, -0.1) is 0 Å². The average Bonchev–Trinajstić information content (AvgIpc) is 2.84. The lowest BCUT2D eigenvalue weighted by Crippen LogP contribution is -2.51. The zero-order valence-corrected chi connectivity index (χ0v) is 22.2. The zero-order valence-electron chi connectivity index (χ0n) is 19.8. The van der Waals surface area contributed by atoms with Crippen LogP contribution in [0.3, 0.4) is 0 Å².